The van der Waals surface area contributed by atoms with E-state index in [0.717, 1.165) is 0 Å². The number of aliphatic hydroxyl groups excluding tert-OH is 1. The van der Waals surface area contributed by atoms with Crippen LogP contribution in [0.3, 0.4) is 0 Å². The molecule has 0 aliphatic carbocycles. The first kappa shape index (κ1) is 16.4. The largest absolute Gasteiger partial charge is 0.454 e. The molecule has 130 valence electrons. The van der Waals surface area contributed by atoms with Gasteiger partial charge in [-0.3, -0.25) is 9.69 Å². The van der Waals surface area contributed by atoms with Gasteiger partial charge in [-0.1, -0.05) is 6.92 Å². The molecule has 0 radical (unpaired) electrons. The van der Waals surface area contributed by atoms with Gasteiger partial charge in [0.25, 0.3) is 0 Å². The van der Waals surface area contributed by atoms with Crippen LogP contribution in [0.2, 0.25) is 0 Å². The number of urea groups is 1. The van der Waals surface area contributed by atoms with E-state index >= 15 is 0 Å². The van der Waals surface area contributed by atoms with Crippen molar-refractivity contribution in [1.82, 2.24) is 10.2 Å². The fraction of sp³-hybridized carbons (Fsp3) is 0.500. The Hall–Kier alpha value is -2.48. The van der Waals surface area contributed by atoms with Gasteiger partial charge in [-0.05, 0) is 18.6 Å². The fourth-order valence-corrected chi connectivity index (χ4v) is 2.75. The van der Waals surface area contributed by atoms with Crippen LogP contribution >= 0.6 is 0 Å². The molecule has 2 aliphatic rings. The van der Waals surface area contributed by atoms with Crippen LogP contribution in [0.15, 0.2) is 18.2 Å². The molecule has 1 aromatic rings. The van der Waals surface area contributed by atoms with E-state index in [-0.39, 0.29) is 37.9 Å². The van der Waals surface area contributed by atoms with E-state index in [1.807, 2.05) is 6.92 Å². The summed E-state index contributed by atoms with van der Waals surface area (Å²) in [6.45, 7) is 2.90. The minimum Gasteiger partial charge on any atom is -0.454 e. The molecule has 2 aliphatic heterocycles. The average molecular weight is 335 g/mol. The number of fused-ring (bicyclic) bond motifs is 1. The number of anilines is 1. The molecule has 8 heteroatoms. The lowest BCUT2D eigenvalue weighted by Gasteiger charge is -2.20. The number of ether oxygens (including phenoxy) is 2. The van der Waals surface area contributed by atoms with Crippen molar-refractivity contribution in [2.75, 3.05) is 37.9 Å². The number of hydrogen-bond acceptors (Lipinski definition) is 5. The highest BCUT2D eigenvalue weighted by atomic mass is 16.7. The lowest BCUT2D eigenvalue weighted by molar-refractivity contribution is -0.122. The van der Waals surface area contributed by atoms with Gasteiger partial charge in [-0.2, -0.15) is 0 Å². The highest BCUT2D eigenvalue weighted by Gasteiger charge is 2.32. The van der Waals surface area contributed by atoms with Gasteiger partial charge in [0.15, 0.2) is 11.5 Å². The zero-order valence-electron chi connectivity index (χ0n) is 13.5. The maximum absolute atomic E-state index is 12.5. The number of amides is 3. The van der Waals surface area contributed by atoms with E-state index in [1.54, 1.807) is 23.1 Å². The lowest BCUT2D eigenvalue weighted by Crippen LogP contribution is -2.44. The summed E-state index contributed by atoms with van der Waals surface area (Å²) in [5.74, 6) is 1.01. The molecule has 24 heavy (non-hydrogen) atoms. The molecule has 1 atom stereocenters. The standard InChI is InChI=1S/C16H21N3O5/c1-2-11(9-20)17-15(21)8-18-5-6-19(16(18)22)12-3-4-13-14(7-12)24-10-23-13/h3-4,7,11,20H,2,5-6,8-10H2,1H3,(H,17,21). The van der Waals surface area contributed by atoms with Gasteiger partial charge in [0.2, 0.25) is 12.7 Å². The van der Waals surface area contributed by atoms with Crippen LogP contribution in [0.5, 0.6) is 11.5 Å². The molecule has 3 amide bonds. The predicted molar refractivity (Wildman–Crippen MR) is 86.2 cm³/mol. The first-order valence-corrected chi connectivity index (χ1v) is 7.98. The Kier molecular flexibility index (Phi) is 4.75. The van der Waals surface area contributed by atoms with Crippen molar-refractivity contribution >= 4 is 17.6 Å². The van der Waals surface area contributed by atoms with E-state index in [9.17, 15) is 9.59 Å². The smallest absolute Gasteiger partial charge is 0.325 e. The summed E-state index contributed by atoms with van der Waals surface area (Å²) in [5.41, 5.74) is 0.717. The molecular formula is C16H21N3O5. The summed E-state index contributed by atoms with van der Waals surface area (Å²) in [6.07, 6.45) is 0.638. The molecule has 0 bridgehead atoms. The van der Waals surface area contributed by atoms with Crippen LogP contribution in [-0.4, -0.2) is 61.0 Å². The highest BCUT2D eigenvalue weighted by Crippen LogP contribution is 2.36. The highest BCUT2D eigenvalue weighted by molar-refractivity contribution is 5.96. The van der Waals surface area contributed by atoms with E-state index in [1.165, 1.54) is 4.90 Å². The van der Waals surface area contributed by atoms with Crippen LogP contribution in [0, 0.1) is 0 Å². The number of hydrogen-bond donors (Lipinski definition) is 2. The Morgan fingerprint density at radius 2 is 2.12 bits per heavy atom. The maximum atomic E-state index is 12.5. The molecule has 8 nitrogen and oxygen atoms in total. The summed E-state index contributed by atoms with van der Waals surface area (Å²) in [4.78, 5) is 27.6. The predicted octanol–water partition coefficient (Wildman–Crippen LogP) is 0.544. The molecule has 2 heterocycles. The molecule has 1 unspecified atom stereocenters. The second kappa shape index (κ2) is 6.96. The molecular weight excluding hydrogens is 314 g/mol. The van der Waals surface area contributed by atoms with Gasteiger partial charge in [-0.15, -0.1) is 0 Å². The van der Waals surface area contributed by atoms with Gasteiger partial charge in [-0.25, -0.2) is 4.79 Å². The van der Waals surface area contributed by atoms with Gasteiger partial charge < -0.3 is 24.8 Å². The third-order valence-electron chi connectivity index (χ3n) is 4.18. The number of benzene rings is 1. The molecule has 0 spiro atoms. The average Bonchev–Trinajstić information content (AvgIpc) is 3.19. The van der Waals surface area contributed by atoms with E-state index < -0.39 is 0 Å². The number of nitrogens with zero attached hydrogens (tertiary/aromatic N) is 2. The van der Waals surface area contributed by atoms with Crippen LogP contribution in [0.4, 0.5) is 10.5 Å². The van der Waals surface area contributed by atoms with Crippen LogP contribution in [0.25, 0.3) is 0 Å². The minimum absolute atomic E-state index is 0.0175. The SMILES string of the molecule is CCC(CO)NC(=O)CN1CCN(c2ccc3c(c2)OCO3)C1=O. The van der Waals surface area contributed by atoms with Crippen molar-refractivity contribution in [1.29, 1.82) is 0 Å². The molecule has 0 saturated carbocycles. The monoisotopic (exact) mass is 335 g/mol. The number of carbonyl (C=O) groups is 2. The molecule has 0 aromatic heterocycles. The number of rotatable bonds is 6. The number of nitrogens with one attached hydrogen (secondary N) is 1. The van der Waals surface area contributed by atoms with Gasteiger partial charge in [0.1, 0.15) is 6.54 Å². The molecule has 1 aromatic carbocycles. The normalized spacial score (nSPS) is 17.3. The Balaban J connectivity index is 1.62. The Labute approximate surface area is 139 Å². The third kappa shape index (κ3) is 3.23. The second-order valence-electron chi connectivity index (χ2n) is 5.75. The second-order valence-corrected chi connectivity index (χ2v) is 5.75. The van der Waals surface area contributed by atoms with Crippen molar-refractivity contribution < 1.29 is 24.2 Å². The fourth-order valence-electron chi connectivity index (χ4n) is 2.75. The summed E-state index contributed by atoms with van der Waals surface area (Å²) in [5, 5.41) is 11.8. The lowest BCUT2D eigenvalue weighted by atomic mass is 10.2. The summed E-state index contributed by atoms with van der Waals surface area (Å²) in [6, 6.07) is 4.84. The topological polar surface area (TPSA) is 91.3 Å². The summed E-state index contributed by atoms with van der Waals surface area (Å²) < 4.78 is 10.6. The Morgan fingerprint density at radius 3 is 2.88 bits per heavy atom. The van der Waals surface area contributed by atoms with Crippen molar-refractivity contribution in [2.24, 2.45) is 0 Å². The zero-order valence-corrected chi connectivity index (χ0v) is 13.5. The van der Waals surface area contributed by atoms with Gasteiger partial charge in [0, 0.05) is 24.8 Å². The quantitative estimate of drug-likeness (QED) is 0.792. The number of aliphatic hydroxyl groups is 1. The maximum Gasteiger partial charge on any atom is 0.325 e. The molecule has 3 rings (SSSR count). The molecule has 2 N–H and O–H groups in total. The minimum atomic E-state index is -0.278. The zero-order chi connectivity index (χ0) is 17.1. The Morgan fingerprint density at radius 1 is 1.33 bits per heavy atom. The van der Waals surface area contributed by atoms with Crippen molar-refractivity contribution in [3.63, 3.8) is 0 Å². The van der Waals surface area contributed by atoms with Crippen molar-refractivity contribution in [3.05, 3.63) is 18.2 Å². The third-order valence-corrected chi connectivity index (χ3v) is 4.18. The Bertz CT molecular complexity index is 632. The molecule has 1 saturated heterocycles. The van der Waals surface area contributed by atoms with Gasteiger partial charge in [0.05, 0.1) is 12.6 Å². The number of carbonyl (C=O) groups excluding carboxylic acids is 2. The van der Waals surface area contributed by atoms with E-state index in [4.69, 9.17) is 14.6 Å². The first-order chi connectivity index (χ1) is 11.6. The van der Waals surface area contributed by atoms with Crippen LogP contribution < -0.4 is 19.7 Å². The van der Waals surface area contributed by atoms with Crippen molar-refractivity contribution in [2.45, 2.75) is 19.4 Å². The van der Waals surface area contributed by atoms with E-state index in [2.05, 4.69) is 5.32 Å². The first-order valence-electron chi connectivity index (χ1n) is 7.98. The van der Waals surface area contributed by atoms with Crippen LogP contribution in [-0.2, 0) is 4.79 Å². The van der Waals surface area contributed by atoms with Crippen LogP contribution in [0.1, 0.15) is 13.3 Å². The van der Waals surface area contributed by atoms with E-state index in [0.29, 0.717) is 36.7 Å². The van der Waals surface area contributed by atoms with Crippen molar-refractivity contribution in [3.8, 4) is 11.5 Å². The van der Waals surface area contributed by atoms with Gasteiger partial charge >= 0.3 is 6.03 Å². The molecule has 1 fully saturated rings. The summed E-state index contributed by atoms with van der Waals surface area (Å²) in [7, 11) is 0. The summed E-state index contributed by atoms with van der Waals surface area (Å²) >= 11 is 0.